The average molecular weight is 455 g/mol. The van der Waals surface area contributed by atoms with E-state index in [4.69, 9.17) is 4.74 Å². The number of thiophene rings is 1. The van der Waals surface area contributed by atoms with Gasteiger partial charge in [0.1, 0.15) is 12.4 Å². The van der Waals surface area contributed by atoms with Crippen molar-refractivity contribution in [2.24, 2.45) is 7.05 Å². The van der Waals surface area contributed by atoms with Crippen molar-refractivity contribution in [3.63, 3.8) is 0 Å². The van der Waals surface area contributed by atoms with Gasteiger partial charge in [0.2, 0.25) is 0 Å². The molecule has 3 heterocycles. The summed E-state index contributed by atoms with van der Waals surface area (Å²) < 4.78 is 9.24. The smallest absolute Gasteiger partial charge is 0.176 e. The number of benzene rings is 2. The van der Waals surface area contributed by atoms with Gasteiger partial charge >= 0.3 is 0 Å². The highest BCUT2D eigenvalue weighted by Gasteiger charge is 2.13. The topological polar surface area (TPSA) is 81.5 Å². The van der Waals surface area contributed by atoms with Crippen LogP contribution in [0.15, 0.2) is 60.1 Å². The predicted molar refractivity (Wildman–Crippen MR) is 129 cm³/mol. The molecule has 0 saturated carbocycles. The Kier molecular flexibility index (Phi) is 5.87. The van der Waals surface area contributed by atoms with Crippen LogP contribution in [-0.2, 0) is 20.1 Å². The molecule has 8 heteroatoms. The van der Waals surface area contributed by atoms with E-state index in [0.717, 1.165) is 22.6 Å². The Morgan fingerprint density at radius 3 is 2.76 bits per heavy atom. The highest BCUT2D eigenvalue weighted by Crippen LogP contribution is 2.34. The zero-order valence-corrected chi connectivity index (χ0v) is 19.1. The summed E-state index contributed by atoms with van der Waals surface area (Å²) in [6.45, 7) is 2.34. The van der Waals surface area contributed by atoms with Gasteiger partial charge in [-0.15, -0.1) is 27.5 Å². The molecule has 0 amide bonds. The number of hydrogen-bond acceptors (Lipinski definition) is 6. The first-order chi connectivity index (χ1) is 16.2. The number of fused-ring (bicyclic) bond motifs is 1. The molecule has 0 radical (unpaired) electrons. The Morgan fingerprint density at radius 1 is 1.15 bits per heavy atom. The average Bonchev–Trinajstić information content (AvgIpc) is 3.59. The molecule has 0 fully saturated rings. The zero-order valence-electron chi connectivity index (χ0n) is 18.3. The van der Waals surface area contributed by atoms with Crippen LogP contribution in [0.1, 0.15) is 29.8 Å². The summed E-state index contributed by atoms with van der Waals surface area (Å²) >= 11 is 1.75. The van der Waals surface area contributed by atoms with Gasteiger partial charge in [-0.3, -0.25) is 4.68 Å². The van der Waals surface area contributed by atoms with E-state index in [1.807, 2.05) is 55.2 Å². The number of aryl methyl sites for hydroxylation is 1. The van der Waals surface area contributed by atoms with Crippen LogP contribution in [0.5, 0.6) is 5.75 Å². The van der Waals surface area contributed by atoms with Gasteiger partial charge in [0, 0.05) is 40.7 Å². The molecule has 33 heavy (non-hydrogen) atoms. The summed E-state index contributed by atoms with van der Waals surface area (Å²) in [5.41, 5.74) is 4.54. The van der Waals surface area contributed by atoms with Crippen LogP contribution in [0.25, 0.3) is 21.3 Å². The first-order valence-electron chi connectivity index (χ1n) is 10.6. The standard InChI is InChI=1S/C25H22N6OS/c1-3-4-19(14-25-27-29-30-28-25)18-6-8-20(9-7-18)32-15-17-5-10-24-21(13-17)22(16-33-24)23-11-12-26-31(23)2/h5-13,16,19H,14-15H2,1-2H3,(H,27,28,29,30). The zero-order chi connectivity index (χ0) is 22.6. The van der Waals surface area contributed by atoms with Gasteiger partial charge in [0.25, 0.3) is 0 Å². The summed E-state index contributed by atoms with van der Waals surface area (Å²) in [6, 6.07) is 16.6. The van der Waals surface area contributed by atoms with E-state index in [-0.39, 0.29) is 5.92 Å². The van der Waals surface area contributed by atoms with Crippen LogP contribution in [-0.4, -0.2) is 30.4 Å². The molecule has 0 aliphatic heterocycles. The largest absolute Gasteiger partial charge is 0.489 e. The first-order valence-corrected chi connectivity index (χ1v) is 11.4. The summed E-state index contributed by atoms with van der Waals surface area (Å²) in [5, 5.41) is 21.9. The van der Waals surface area contributed by atoms with Crippen LogP contribution in [0.2, 0.25) is 0 Å². The summed E-state index contributed by atoms with van der Waals surface area (Å²) in [7, 11) is 1.97. The number of rotatable bonds is 7. The Balaban J connectivity index is 1.30. The van der Waals surface area contributed by atoms with Crippen LogP contribution >= 0.6 is 11.3 Å². The molecule has 0 aliphatic carbocycles. The lowest BCUT2D eigenvalue weighted by atomic mass is 9.96. The van der Waals surface area contributed by atoms with Crippen molar-refractivity contribution in [1.29, 1.82) is 0 Å². The molecule has 0 saturated heterocycles. The monoisotopic (exact) mass is 454 g/mol. The molecule has 0 aliphatic rings. The Hall–Kier alpha value is -3.96. The minimum absolute atomic E-state index is 0.00747. The summed E-state index contributed by atoms with van der Waals surface area (Å²) in [5.74, 6) is 7.71. The third-order valence-electron chi connectivity index (χ3n) is 5.52. The molecular weight excluding hydrogens is 432 g/mol. The van der Waals surface area contributed by atoms with E-state index in [1.165, 1.54) is 15.6 Å². The number of ether oxygens (including phenoxy) is 1. The van der Waals surface area contributed by atoms with Crippen molar-refractivity contribution in [1.82, 2.24) is 30.4 Å². The van der Waals surface area contributed by atoms with E-state index in [9.17, 15) is 0 Å². The molecule has 7 nitrogen and oxygen atoms in total. The van der Waals surface area contributed by atoms with Gasteiger partial charge in [-0.1, -0.05) is 29.3 Å². The maximum Gasteiger partial charge on any atom is 0.176 e. The van der Waals surface area contributed by atoms with E-state index in [1.54, 1.807) is 11.3 Å². The van der Waals surface area contributed by atoms with Crippen molar-refractivity contribution < 1.29 is 4.74 Å². The molecule has 164 valence electrons. The first kappa shape index (κ1) is 20.9. The van der Waals surface area contributed by atoms with Gasteiger partial charge in [-0.2, -0.15) is 10.3 Å². The quantitative estimate of drug-likeness (QED) is 0.359. The number of nitrogens with one attached hydrogen (secondary N) is 1. The van der Waals surface area contributed by atoms with Crippen molar-refractivity contribution in [2.45, 2.75) is 25.9 Å². The predicted octanol–water partition coefficient (Wildman–Crippen LogP) is 4.74. The van der Waals surface area contributed by atoms with Crippen LogP contribution in [0.4, 0.5) is 0 Å². The van der Waals surface area contributed by atoms with Crippen LogP contribution in [0.3, 0.4) is 0 Å². The molecule has 5 rings (SSSR count). The molecule has 1 unspecified atom stereocenters. The number of aromatic nitrogens is 6. The molecule has 5 aromatic rings. The van der Waals surface area contributed by atoms with Crippen molar-refractivity contribution >= 4 is 21.4 Å². The molecule has 0 bridgehead atoms. The normalized spacial score (nSPS) is 11.8. The van der Waals surface area contributed by atoms with Crippen molar-refractivity contribution in [2.75, 3.05) is 0 Å². The lowest BCUT2D eigenvalue weighted by Crippen LogP contribution is -2.03. The second-order valence-electron chi connectivity index (χ2n) is 7.66. The lowest BCUT2D eigenvalue weighted by Gasteiger charge is -2.11. The number of tetrazole rings is 1. The minimum Gasteiger partial charge on any atom is -0.489 e. The number of hydrogen-bond donors (Lipinski definition) is 1. The highest BCUT2D eigenvalue weighted by atomic mass is 32.1. The number of aromatic amines is 1. The number of H-pyrrole nitrogens is 1. The van der Waals surface area contributed by atoms with E-state index in [0.29, 0.717) is 18.9 Å². The van der Waals surface area contributed by atoms with Crippen molar-refractivity contribution in [3.05, 3.63) is 77.1 Å². The highest BCUT2D eigenvalue weighted by molar-refractivity contribution is 7.17. The van der Waals surface area contributed by atoms with Gasteiger partial charge in [0.15, 0.2) is 5.82 Å². The van der Waals surface area contributed by atoms with Crippen molar-refractivity contribution in [3.8, 4) is 28.8 Å². The maximum absolute atomic E-state index is 6.08. The maximum atomic E-state index is 6.08. The minimum atomic E-state index is 0.00747. The summed E-state index contributed by atoms with van der Waals surface area (Å²) in [6.07, 6.45) is 2.44. The molecule has 0 spiro atoms. The molecule has 1 atom stereocenters. The number of nitrogens with zero attached hydrogens (tertiary/aromatic N) is 5. The van der Waals surface area contributed by atoms with Crippen LogP contribution in [0, 0.1) is 11.8 Å². The van der Waals surface area contributed by atoms with Crippen LogP contribution < -0.4 is 4.74 Å². The SMILES string of the molecule is CC#CC(Cc1nn[nH]n1)c1ccc(OCc2ccc3scc(-c4ccnn4C)c3c2)cc1. The fourth-order valence-corrected chi connectivity index (χ4v) is 4.78. The third-order valence-corrected chi connectivity index (χ3v) is 6.48. The third kappa shape index (κ3) is 4.49. The van der Waals surface area contributed by atoms with Gasteiger partial charge in [0.05, 0.1) is 11.6 Å². The molecular formula is C25H22N6OS. The molecule has 1 N–H and O–H groups in total. The van der Waals surface area contributed by atoms with E-state index >= 15 is 0 Å². The van der Waals surface area contributed by atoms with E-state index < -0.39 is 0 Å². The molecule has 3 aromatic heterocycles. The summed E-state index contributed by atoms with van der Waals surface area (Å²) in [4.78, 5) is 0. The second-order valence-corrected chi connectivity index (χ2v) is 8.57. The van der Waals surface area contributed by atoms with Gasteiger partial charge < -0.3 is 4.74 Å². The fraction of sp³-hybridized carbons (Fsp3) is 0.200. The fourth-order valence-electron chi connectivity index (χ4n) is 3.84. The molecule has 2 aromatic carbocycles. The Morgan fingerprint density at radius 2 is 2.03 bits per heavy atom. The van der Waals surface area contributed by atoms with E-state index in [2.05, 4.69) is 61.1 Å². The lowest BCUT2D eigenvalue weighted by molar-refractivity contribution is 0.306. The Bertz CT molecular complexity index is 1420. The Labute approximate surface area is 195 Å². The second kappa shape index (κ2) is 9.27. The van der Waals surface area contributed by atoms with Gasteiger partial charge in [-0.05, 0) is 48.4 Å². The van der Waals surface area contributed by atoms with Gasteiger partial charge in [-0.25, -0.2) is 0 Å².